The predicted molar refractivity (Wildman–Crippen MR) is 160 cm³/mol. The highest BCUT2D eigenvalue weighted by atomic mass is 15.3. The lowest BCUT2D eigenvalue weighted by atomic mass is 9.93. The van der Waals surface area contributed by atoms with Crippen LogP contribution in [0.25, 0.3) is 39.2 Å². The molecule has 1 saturated carbocycles. The first kappa shape index (κ1) is 24.3. The Morgan fingerprint density at radius 3 is 2.22 bits per heavy atom. The van der Waals surface area contributed by atoms with Gasteiger partial charge in [0.1, 0.15) is 0 Å². The molecule has 0 amide bonds. The molecule has 1 aliphatic heterocycles. The van der Waals surface area contributed by atoms with E-state index < -0.39 is 0 Å². The molecule has 2 aliphatic rings. The van der Waals surface area contributed by atoms with Gasteiger partial charge in [0, 0.05) is 41.9 Å². The third-order valence-electron chi connectivity index (χ3n) is 8.48. The SMILES string of the molecule is c1ccc(-c2cn3nc(C4CC4)nc3nc2-c2ccc(CN3CCC(c4cnc5ccccc5n4)CC3)cc2)cc1. The highest BCUT2D eigenvalue weighted by Gasteiger charge is 2.28. The summed E-state index contributed by atoms with van der Waals surface area (Å²) in [4.78, 5) is 21.9. The van der Waals surface area contributed by atoms with Gasteiger partial charge in [-0.1, -0.05) is 66.7 Å². The molecule has 1 saturated heterocycles. The Bertz CT molecular complexity index is 1830. The quantitative estimate of drug-likeness (QED) is 0.237. The van der Waals surface area contributed by atoms with E-state index in [1.165, 1.54) is 18.4 Å². The number of nitrogens with zero attached hydrogens (tertiary/aromatic N) is 7. The van der Waals surface area contributed by atoms with Crippen LogP contribution in [0.5, 0.6) is 0 Å². The zero-order valence-electron chi connectivity index (χ0n) is 22.9. The number of hydrogen-bond acceptors (Lipinski definition) is 6. The van der Waals surface area contributed by atoms with Crippen LogP contribution in [0, 0.1) is 0 Å². The van der Waals surface area contributed by atoms with E-state index in [1.54, 1.807) is 0 Å². The Hall–Kier alpha value is -4.49. The molecule has 202 valence electrons. The Kier molecular flexibility index (Phi) is 6.03. The lowest BCUT2D eigenvalue weighted by molar-refractivity contribution is 0.203. The van der Waals surface area contributed by atoms with E-state index in [4.69, 9.17) is 20.1 Å². The van der Waals surface area contributed by atoms with E-state index in [0.29, 0.717) is 17.6 Å². The van der Waals surface area contributed by atoms with Crippen molar-refractivity contribution in [2.75, 3.05) is 13.1 Å². The van der Waals surface area contributed by atoms with E-state index in [2.05, 4.69) is 70.7 Å². The van der Waals surface area contributed by atoms with Crippen LogP contribution in [0.4, 0.5) is 0 Å². The second-order valence-corrected chi connectivity index (χ2v) is 11.4. The molecule has 0 bridgehead atoms. The first-order chi connectivity index (χ1) is 20.3. The summed E-state index contributed by atoms with van der Waals surface area (Å²) < 4.78 is 1.85. The average molecular weight is 538 g/mol. The van der Waals surface area contributed by atoms with Crippen LogP contribution in [-0.2, 0) is 6.54 Å². The molecule has 6 aromatic rings. The van der Waals surface area contributed by atoms with Crippen molar-refractivity contribution in [2.24, 2.45) is 0 Å². The summed E-state index contributed by atoms with van der Waals surface area (Å²) >= 11 is 0. The molecular weight excluding hydrogens is 506 g/mol. The van der Waals surface area contributed by atoms with Gasteiger partial charge in [0.15, 0.2) is 5.82 Å². The van der Waals surface area contributed by atoms with Crippen molar-refractivity contribution < 1.29 is 0 Å². The fraction of sp³-hybridized carbons (Fsp3) is 0.265. The molecule has 0 atom stereocenters. The first-order valence-electron chi connectivity index (χ1n) is 14.6. The topological polar surface area (TPSA) is 72.1 Å². The molecular formula is C34H31N7. The summed E-state index contributed by atoms with van der Waals surface area (Å²) in [6, 6.07) is 27.5. The Balaban J connectivity index is 1.00. The van der Waals surface area contributed by atoms with Gasteiger partial charge in [0.25, 0.3) is 5.78 Å². The number of aromatic nitrogens is 6. The van der Waals surface area contributed by atoms with E-state index >= 15 is 0 Å². The summed E-state index contributed by atoms with van der Waals surface area (Å²) in [6.07, 6.45) is 8.62. The third-order valence-corrected chi connectivity index (χ3v) is 8.48. The van der Waals surface area contributed by atoms with Crippen molar-refractivity contribution in [1.29, 1.82) is 0 Å². The largest absolute Gasteiger partial charge is 0.299 e. The van der Waals surface area contributed by atoms with Crippen LogP contribution in [0.15, 0.2) is 91.3 Å². The van der Waals surface area contributed by atoms with E-state index in [-0.39, 0.29) is 0 Å². The summed E-state index contributed by atoms with van der Waals surface area (Å²) in [7, 11) is 0. The summed E-state index contributed by atoms with van der Waals surface area (Å²) in [5.74, 6) is 2.55. The maximum absolute atomic E-state index is 5.02. The molecule has 3 aromatic carbocycles. The van der Waals surface area contributed by atoms with Crippen molar-refractivity contribution in [3.63, 3.8) is 0 Å². The van der Waals surface area contributed by atoms with E-state index in [1.807, 2.05) is 35.0 Å². The predicted octanol–water partition coefficient (Wildman–Crippen LogP) is 6.66. The van der Waals surface area contributed by atoms with Gasteiger partial charge in [0.05, 0.1) is 22.4 Å². The van der Waals surface area contributed by atoms with Crippen molar-refractivity contribution in [1.82, 2.24) is 34.4 Å². The Morgan fingerprint density at radius 1 is 0.683 bits per heavy atom. The lowest BCUT2D eigenvalue weighted by Gasteiger charge is -2.31. The zero-order chi connectivity index (χ0) is 27.2. The van der Waals surface area contributed by atoms with Crippen molar-refractivity contribution >= 4 is 16.8 Å². The summed E-state index contributed by atoms with van der Waals surface area (Å²) in [5, 5.41) is 4.74. The molecule has 7 nitrogen and oxygen atoms in total. The number of fused-ring (bicyclic) bond motifs is 2. The second-order valence-electron chi connectivity index (χ2n) is 11.4. The van der Waals surface area contributed by atoms with Crippen molar-refractivity contribution in [3.8, 4) is 22.4 Å². The van der Waals surface area contributed by atoms with E-state index in [0.717, 1.165) is 77.4 Å². The molecule has 0 N–H and O–H groups in total. The second kappa shape index (κ2) is 10.2. The minimum atomic E-state index is 0.473. The van der Waals surface area contributed by atoms with Crippen LogP contribution in [0.3, 0.4) is 0 Å². The Labute approximate surface area is 239 Å². The number of benzene rings is 3. The van der Waals surface area contributed by atoms with Gasteiger partial charge < -0.3 is 0 Å². The maximum Gasteiger partial charge on any atom is 0.253 e. The number of para-hydroxylation sites is 2. The maximum atomic E-state index is 5.02. The molecule has 7 heteroatoms. The number of rotatable bonds is 6. The van der Waals surface area contributed by atoms with Crippen molar-refractivity contribution in [3.05, 3.63) is 108 Å². The zero-order valence-corrected chi connectivity index (χ0v) is 22.9. The molecule has 0 spiro atoms. The minimum absolute atomic E-state index is 0.473. The van der Waals surface area contributed by atoms with Gasteiger partial charge >= 0.3 is 0 Å². The number of likely N-dealkylation sites (tertiary alicyclic amines) is 1. The average Bonchev–Trinajstić information content (AvgIpc) is 3.80. The molecule has 0 radical (unpaired) electrons. The van der Waals surface area contributed by atoms with Crippen LogP contribution < -0.4 is 0 Å². The molecule has 0 unspecified atom stereocenters. The molecule has 3 aromatic heterocycles. The van der Waals surface area contributed by atoms with Gasteiger partial charge in [0.2, 0.25) is 0 Å². The number of piperidine rings is 1. The Morgan fingerprint density at radius 2 is 1.44 bits per heavy atom. The fourth-order valence-electron chi connectivity index (χ4n) is 5.98. The third kappa shape index (κ3) is 4.87. The molecule has 41 heavy (non-hydrogen) atoms. The first-order valence-corrected chi connectivity index (χ1v) is 14.6. The normalized spacial score (nSPS) is 16.5. The van der Waals surface area contributed by atoms with Crippen molar-refractivity contribution in [2.45, 2.75) is 44.1 Å². The number of hydrogen-bond donors (Lipinski definition) is 0. The monoisotopic (exact) mass is 537 g/mol. The highest BCUT2D eigenvalue weighted by molar-refractivity contribution is 5.81. The van der Waals surface area contributed by atoms with Crippen LogP contribution >= 0.6 is 0 Å². The standard InChI is InChI=1S/C34H31N7/c1-2-6-24(7-3-1)28-22-41-34(38-33(39-41)27-14-15-27)37-32(28)26-12-10-23(11-13-26)21-40-18-16-25(17-19-40)31-20-35-29-8-4-5-9-30(29)36-31/h1-13,20,22,25,27H,14-19,21H2. The van der Waals surface area contributed by atoms with Gasteiger partial charge in [-0.15, -0.1) is 5.10 Å². The highest BCUT2D eigenvalue weighted by Crippen LogP contribution is 2.39. The molecule has 8 rings (SSSR count). The molecule has 2 fully saturated rings. The van der Waals surface area contributed by atoms with Crippen LogP contribution in [0.2, 0.25) is 0 Å². The fourth-order valence-corrected chi connectivity index (χ4v) is 5.98. The minimum Gasteiger partial charge on any atom is -0.299 e. The lowest BCUT2D eigenvalue weighted by Crippen LogP contribution is -2.32. The van der Waals surface area contributed by atoms with Crippen LogP contribution in [0.1, 0.15) is 54.6 Å². The molecule has 4 heterocycles. The van der Waals surface area contributed by atoms with Gasteiger partial charge in [-0.3, -0.25) is 9.88 Å². The smallest absolute Gasteiger partial charge is 0.253 e. The van der Waals surface area contributed by atoms with E-state index in [9.17, 15) is 0 Å². The van der Waals surface area contributed by atoms with Gasteiger partial charge in [-0.2, -0.15) is 4.98 Å². The van der Waals surface area contributed by atoms with Crippen LogP contribution in [-0.4, -0.2) is 47.5 Å². The summed E-state index contributed by atoms with van der Waals surface area (Å²) in [6.45, 7) is 3.07. The van der Waals surface area contributed by atoms with Gasteiger partial charge in [-0.05, 0) is 62.0 Å². The summed E-state index contributed by atoms with van der Waals surface area (Å²) in [5.41, 5.74) is 8.64. The molecule has 1 aliphatic carbocycles. The van der Waals surface area contributed by atoms with Gasteiger partial charge in [-0.25, -0.2) is 14.5 Å².